The number of rotatable bonds is 5. The Morgan fingerprint density at radius 1 is 1.69 bits per heavy atom. The molecular formula is C10H13N5O. The third-order valence-electron chi connectivity index (χ3n) is 1.77. The van der Waals surface area contributed by atoms with Crippen molar-refractivity contribution in [2.75, 3.05) is 11.6 Å². The lowest BCUT2D eigenvalue weighted by Crippen LogP contribution is -2.40. The van der Waals surface area contributed by atoms with Gasteiger partial charge in [-0.3, -0.25) is 15.2 Å². The first-order valence-electron chi connectivity index (χ1n) is 4.88. The molecule has 0 bridgehead atoms. The quantitative estimate of drug-likeness (QED) is 0.575. The van der Waals surface area contributed by atoms with Gasteiger partial charge in [0.2, 0.25) is 12.2 Å². The molecule has 0 aliphatic heterocycles. The Hall–Kier alpha value is -2.16. The zero-order chi connectivity index (χ0) is 12.0. The zero-order valence-corrected chi connectivity index (χ0v) is 9.21. The number of hydrogen-bond donors (Lipinski definition) is 1. The Balaban J connectivity index is 2.91. The van der Waals surface area contributed by atoms with Crippen LogP contribution in [0.2, 0.25) is 0 Å². The van der Waals surface area contributed by atoms with Crippen LogP contribution in [0.25, 0.3) is 0 Å². The van der Waals surface area contributed by atoms with Gasteiger partial charge in [-0.25, -0.2) is 4.98 Å². The van der Waals surface area contributed by atoms with Crippen molar-refractivity contribution in [2.45, 2.75) is 13.8 Å². The van der Waals surface area contributed by atoms with Gasteiger partial charge in [0.15, 0.2) is 5.82 Å². The summed E-state index contributed by atoms with van der Waals surface area (Å²) >= 11 is 0. The first kappa shape index (κ1) is 11.9. The van der Waals surface area contributed by atoms with E-state index in [0.29, 0.717) is 24.7 Å². The fourth-order valence-electron chi connectivity index (χ4n) is 1.19. The van der Waals surface area contributed by atoms with Crippen molar-refractivity contribution in [3.05, 3.63) is 18.1 Å². The summed E-state index contributed by atoms with van der Waals surface area (Å²) in [6.45, 7) is 4.65. The van der Waals surface area contributed by atoms with Gasteiger partial charge in [-0.05, 0) is 5.92 Å². The molecule has 0 aromatic carbocycles. The lowest BCUT2D eigenvalue weighted by atomic mass is 10.2. The Morgan fingerprint density at radius 3 is 3.00 bits per heavy atom. The van der Waals surface area contributed by atoms with Crippen molar-refractivity contribution in [2.24, 2.45) is 5.92 Å². The summed E-state index contributed by atoms with van der Waals surface area (Å²) in [6, 6.07) is 3.49. The normalized spacial score (nSPS) is 9.62. The molecule has 0 aliphatic rings. The van der Waals surface area contributed by atoms with E-state index in [1.54, 1.807) is 11.1 Å². The van der Waals surface area contributed by atoms with Crippen LogP contribution in [0.5, 0.6) is 0 Å². The number of amides is 1. The van der Waals surface area contributed by atoms with E-state index in [1.807, 2.05) is 19.9 Å². The maximum absolute atomic E-state index is 10.5. The van der Waals surface area contributed by atoms with Gasteiger partial charge in [-0.1, -0.05) is 13.8 Å². The molecule has 1 aromatic heterocycles. The Bertz CT molecular complexity index is 398. The molecule has 1 heterocycles. The number of nitrogens with zero attached hydrogens (tertiary/aromatic N) is 4. The second kappa shape index (κ2) is 5.66. The second-order valence-electron chi connectivity index (χ2n) is 3.60. The average molecular weight is 219 g/mol. The van der Waals surface area contributed by atoms with Crippen LogP contribution >= 0.6 is 0 Å². The van der Waals surface area contributed by atoms with Gasteiger partial charge in [0, 0.05) is 18.8 Å². The summed E-state index contributed by atoms with van der Waals surface area (Å²) in [4.78, 5) is 18.2. The number of carbonyl (C=O) groups excluding carboxylic acids is 1. The van der Waals surface area contributed by atoms with Crippen LogP contribution < -0.4 is 10.4 Å². The lowest BCUT2D eigenvalue weighted by Gasteiger charge is -2.23. The SMILES string of the molecule is CC(C)CN(NC=O)c1ccnc(C#N)n1. The molecule has 0 atom stereocenters. The van der Waals surface area contributed by atoms with Gasteiger partial charge in [-0.15, -0.1) is 0 Å². The minimum atomic E-state index is 0.0824. The highest BCUT2D eigenvalue weighted by Crippen LogP contribution is 2.09. The summed E-state index contributed by atoms with van der Waals surface area (Å²) in [5.41, 5.74) is 2.53. The first-order chi connectivity index (χ1) is 7.67. The lowest BCUT2D eigenvalue weighted by molar-refractivity contribution is -0.109. The molecule has 1 amide bonds. The number of hydrazine groups is 1. The van der Waals surface area contributed by atoms with Crippen molar-refractivity contribution in [1.82, 2.24) is 15.4 Å². The van der Waals surface area contributed by atoms with E-state index in [9.17, 15) is 4.79 Å². The Kier molecular flexibility index (Phi) is 4.21. The van der Waals surface area contributed by atoms with Crippen LogP contribution in [0.3, 0.4) is 0 Å². The summed E-state index contributed by atoms with van der Waals surface area (Å²) in [5, 5.41) is 10.3. The number of nitrogens with one attached hydrogen (secondary N) is 1. The van der Waals surface area contributed by atoms with Gasteiger partial charge in [0.25, 0.3) is 0 Å². The van der Waals surface area contributed by atoms with Crippen molar-refractivity contribution in [1.29, 1.82) is 5.26 Å². The monoisotopic (exact) mass is 219 g/mol. The van der Waals surface area contributed by atoms with E-state index >= 15 is 0 Å². The van der Waals surface area contributed by atoms with Crippen LogP contribution in [0.4, 0.5) is 5.82 Å². The van der Waals surface area contributed by atoms with Crippen LogP contribution in [-0.2, 0) is 4.79 Å². The van der Waals surface area contributed by atoms with E-state index in [2.05, 4.69) is 15.4 Å². The highest BCUT2D eigenvalue weighted by atomic mass is 16.1. The molecule has 84 valence electrons. The highest BCUT2D eigenvalue weighted by molar-refractivity contribution is 5.52. The molecule has 0 aliphatic carbocycles. The molecule has 6 heteroatoms. The van der Waals surface area contributed by atoms with E-state index in [-0.39, 0.29) is 5.82 Å². The molecule has 0 spiro atoms. The summed E-state index contributed by atoms with van der Waals surface area (Å²) in [7, 11) is 0. The molecule has 0 radical (unpaired) electrons. The maximum Gasteiger partial charge on any atom is 0.234 e. The Labute approximate surface area is 93.9 Å². The van der Waals surface area contributed by atoms with Gasteiger partial charge in [0.05, 0.1) is 0 Å². The molecule has 16 heavy (non-hydrogen) atoms. The van der Waals surface area contributed by atoms with E-state index < -0.39 is 0 Å². The highest BCUT2D eigenvalue weighted by Gasteiger charge is 2.09. The second-order valence-corrected chi connectivity index (χ2v) is 3.60. The molecule has 1 N–H and O–H groups in total. The minimum absolute atomic E-state index is 0.0824. The van der Waals surface area contributed by atoms with Gasteiger partial charge in [0.1, 0.15) is 6.07 Å². The van der Waals surface area contributed by atoms with E-state index in [0.717, 1.165) is 0 Å². The fraction of sp³-hybridized carbons (Fsp3) is 0.400. The number of carbonyl (C=O) groups is 1. The summed E-state index contributed by atoms with van der Waals surface area (Å²) in [6.07, 6.45) is 2.07. The average Bonchev–Trinajstić information content (AvgIpc) is 2.28. The van der Waals surface area contributed by atoms with Crippen LogP contribution in [0.1, 0.15) is 19.7 Å². The van der Waals surface area contributed by atoms with Crippen molar-refractivity contribution in [3.63, 3.8) is 0 Å². The van der Waals surface area contributed by atoms with Crippen LogP contribution in [0, 0.1) is 17.2 Å². The number of aromatic nitrogens is 2. The minimum Gasteiger partial charge on any atom is -0.277 e. The molecule has 6 nitrogen and oxygen atoms in total. The first-order valence-corrected chi connectivity index (χ1v) is 4.88. The molecule has 0 fully saturated rings. The predicted octanol–water partition coefficient (Wildman–Crippen LogP) is 0.472. The topological polar surface area (TPSA) is 81.9 Å². The largest absolute Gasteiger partial charge is 0.277 e. The standard InChI is InChI=1S/C10H13N5O/c1-8(2)6-15(13-7-16)10-3-4-12-9(5-11)14-10/h3-4,7-8H,6H2,1-2H3,(H,13,16). The van der Waals surface area contributed by atoms with Crippen molar-refractivity contribution >= 4 is 12.2 Å². The van der Waals surface area contributed by atoms with Crippen molar-refractivity contribution in [3.8, 4) is 6.07 Å². The fourth-order valence-corrected chi connectivity index (χ4v) is 1.19. The third kappa shape index (κ3) is 3.20. The molecular weight excluding hydrogens is 206 g/mol. The molecule has 0 saturated carbocycles. The number of nitriles is 1. The predicted molar refractivity (Wildman–Crippen MR) is 58.1 cm³/mol. The van der Waals surface area contributed by atoms with Gasteiger partial charge in [-0.2, -0.15) is 10.2 Å². The maximum atomic E-state index is 10.5. The third-order valence-corrected chi connectivity index (χ3v) is 1.77. The molecule has 0 unspecified atom stereocenters. The van der Waals surface area contributed by atoms with Gasteiger partial charge >= 0.3 is 0 Å². The van der Waals surface area contributed by atoms with E-state index in [4.69, 9.17) is 5.26 Å². The van der Waals surface area contributed by atoms with Crippen molar-refractivity contribution < 1.29 is 4.79 Å². The molecule has 1 rings (SSSR count). The Morgan fingerprint density at radius 2 is 2.44 bits per heavy atom. The van der Waals surface area contributed by atoms with Gasteiger partial charge < -0.3 is 0 Å². The molecule has 0 saturated heterocycles. The van der Waals surface area contributed by atoms with E-state index in [1.165, 1.54) is 6.20 Å². The number of anilines is 1. The number of hydrogen-bond acceptors (Lipinski definition) is 5. The summed E-state index contributed by atoms with van der Waals surface area (Å²) < 4.78 is 0. The summed E-state index contributed by atoms with van der Waals surface area (Å²) in [5.74, 6) is 0.944. The van der Waals surface area contributed by atoms with Crippen LogP contribution in [-0.4, -0.2) is 22.9 Å². The van der Waals surface area contributed by atoms with Crippen LogP contribution in [0.15, 0.2) is 12.3 Å². The molecule has 1 aromatic rings. The zero-order valence-electron chi connectivity index (χ0n) is 9.21. The smallest absolute Gasteiger partial charge is 0.234 e.